The molecule has 1 amide bonds. The predicted octanol–water partition coefficient (Wildman–Crippen LogP) is 3.51. The molecule has 2 aromatic carbocycles. The Morgan fingerprint density at radius 3 is 2.86 bits per heavy atom. The highest BCUT2D eigenvalue weighted by molar-refractivity contribution is 6.01. The number of para-hydroxylation sites is 1. The first-order valence-electron chi connectivity index (χ1n) is 8.39. The molecule has 3 rings (SSSR count). The van der Waals surface area contributed by atoms with E-state index >= 15 is 0 Å². The normalized spacial score (nSPS) is 10.9. The van der Waals surface area contributed by atoms with Gasteiger partial charge in [-0.2, -0.15) is 5.10 Å². The van der Waals surface area contributed by atoms with Crippen LogP contribution in [0.5, 0.6) is 5.75 Å². The number of rotatable bonds is 7. The molecule has 8 heteroatoms. The van der Waals surface area contributed by atoms with Crippen LogP contribution in [0, 0.1) is 10.1 Å². The number of fused-ring (bicyclic) bond motifs is 1. The van der Waals surface area contributed by atoms with Crippen molar-refractivity contribution >= 4 is 28.7 Å². The molecule has 0 spiro atoms. The standard InChI is InChI=1S/C20H18N4O4/c1-3-10-23-13-14(16-6-4-5-7-18(16)23)12-21-22-20(25)17-11-15(24(26)27)8-9-19(17)28-2/h3-9,11-13H,1,10H2,2H3,(H,22,25)/b21-12-. The summed E-state index contributed by atoms with van der Waals surface area (Å²) in [6, 6.07) is 11.6. The van der Waals surface area contributed by atoms with Crippen molar-refractivity contribution in [3.05, 3.63) is 82.6 Å². The molecule has 0 saturated carbocycles. The minimum Gasteiger partial charge on any atom is -0.496 e. The molecule has 0 unspecified atom stereocenters. The summed E-state index contributed by atoms with van der Waals surface area (Å²) in [7, 11) is 1.38. The van der Waals surface area contributed by atoms with E-state index in [2.05, 4.69) is 17.1 Å². The molecule has 1 aromatic heterocycles. The van der Waals surface area contributed by atoms with Crippen LogP contribution >= 0.6 is 0 Å². The molecule has 0 aliphatic carbocycles. The number of non-ortho nitro benzene ring substituents is 1. The summed E-state index contributed by atoms with van der Waals surface area (Å²) in [4.78, 5) is 22.8. The van der Waals surface area contributed by atoms with E-state index in [4.69, 9.17) is 4.74 Å². The summed E-state index contributed by atoms with van der Waals surface area (Å²) < 4.78 is 7.13. The van der Waals surface area contributed by atoms with Gasteiger partial charge in [-0.15, -0.1) is 6.58 Å². The third kappa shape index (κ3) is 3.75. The molecule has 3 aromatic rings. The molecule has 0 saturated heterocycles. The molecule has 142 valence electrons. The van der Waals surface area contributed by atoms with Crippen molar-refractivity contribution in [2.24, 2.45) is 5.10 Å². The van der Waals surface area contributed by atoms with Crippen LogP contribution < -0.4 is 10.2 Å². The van der Waals surface area contributed by atoms with E-state index in [-0.39, 0.29) is 17.0 Å². The number of carbonyl (C=O) groups is 1. The lowest BCUT2D eigenvalue weighted by molar-refractivity contribution is -0.384. The first-order chi connectivity index (χ1) is 13.5. The fraction of sp³-hybridized carbons (Fsp3) is 0.100. The van der Waals surface area contributed by atoms with Gasteiger partial charge in [-0.3, -0.25) is 14.9 Å². The highest BCUT2D eigenvalue weighted by atomic mass is 16.6. The van der Waals surface area contributed by atoms with Crippen molar-refractivity contribution in [1.82, 2.24) is 9.99 Å². The number of nitrogens with zero attached hydrogens (tertiary/aromatic N) is 3. The van der Waals surface area contributed by atoms with Gasteiger partial charge in [-0.1, -0.05) is 24.3 Å². The van der Waals surface area contributed by atoms with Gasteiger partial charge in [0.2, 0.25) is 0 Å². The van der Waals surface area contributed by atoms with Crippen molar-refractivity contribution < 1.29 is 14.5 Å². The Morgan fingerprint density at radius 2 is 2.14 bits per heavy atom. The molecule has 8 nitrogen and oxygen atoms in total. The molecule has 0 atom stereocenters. The number of carbonyl (C=O) groups excluding carboxylic acids is 1. The van der Waals surface area contributed by atoms with Gasteiger partial charge in [-0.25, -0.2) is 5.43 Å². The number of nitro groups is 1. The number of hydrogen-bond donors (Lipinski definition) is 1. The average Bonchev–Trinajstić information content (AvgIpc) is 3.05. The SMILES string of the molecule is C=CCn1cc(/C=N\NC(=O)c2cc([N+](=O)[O-])ccc2OC)c2ccccc21. The van der Waals surface area contributed by atoms with Gasteiger partial charge in [0.1, 0.15) is 5.75 Å². The summed E-state index contributed by atoms with van der Waals surface area (Å²) in [5.41, 5.74) is 4.06. The Hall–Kier alpha value is -3.94. The number of aromatic nitrogens is 1. The maximum atomic E-state index is 12.4. The zero-order valence-electron chi connectivity index (χ0n) is 15.2. The third-order valence-electron chi connectivity index (χ3n) is 4.15. The van der Waals surface area contributed by atoms with Crippen LogP contribution in [-0.4, -0.2) is 28.7 Å². The monoisotopic (exact) mass is 378 g/mol. The molecule has 0 radical (unpaired) electrons. The lowest BCUT2D eigenvalue weighted by Crippen LogP contribution is -2.18. The lowest BCUT2D eigenvalue weighted by atomic mass is 10.1. The smallest absolute Gasteiger partial charge is 0.275 e. The van der Waals surface area contributed by atoms with Gasteiger partial charge >= 0.3 is 0 Å². The largest absolute Gasteiger partial charge is 0.496 e. The number of benzene rings is 2. The van der Waals surface area contributed by atoms with E-state index in [1.165, 1.54) is 25.5 Å². The molecule has 0 bridgehead atoms. The number of amides is 1. The number of nitrogens with one attached hydrogen (secondary N) is 1. The molecular weight excluding hydrogens is 360 g/mol. The second kappa shape index (κ2) is 8.17. The fourth-order valence-electron chi connectivity index (χ4n) is 2.88. The highest BCUT2D eigenvalue weighted by Crippen LogP contribution is 2.24. The summed E-state index contributed by atoms with van der Waals surface area (Å²) in [5.74, 6) is -0.382. The van der Waals surface area contributed by atoms with Crippen LogP contribution in [0.2, 0.25) is 0 Å². The van der Waals surface area contributed by atoms with Crippen LogP contribution in [0.1, 0.15) is 15.9 Å². The molecule has 28 heavy (non-hydrogen) atoms. The summed E-state index contributed by atoms with van der Waals surface area (Å²) in [5, 5.41) is 15.9. The first-order valence-corrected chi connectivity index (χ1v) is 8.39. The van der Waals surface area contributed by atoms with Crippen molar-refractivity contribution in [3.63, 3.8) is 0 Å². The van der Waals surface area contributed by atoms with E-state index in [0.29, 0.717) is 6.54 Å². The number of ether oxygens (including phenoxy) is 1. The van der Waals surface area contributed by atoms with Crippen molar-refractivity contribution in [3.8, 4) is 5.75 Å². The Morgan fingerprint density at radius 1 is 1.36 bits per heavy atom. The molecule has 0 aliphatic rings. The number of hydrogen-bond acceptors (Lipinski definition) is 5. The molecule has 1 heterocycles. The second-order valence-corrected chi connectivity index (χ2v) is 5.88. The van der Waals surface area contributed by atoms with Crippen molar-refractivity contribution in [2.45, 2.75) is 6.54 Å². The van der Waals surface area contributed by atoms with E-state index in [1.807, 2.05) is 35.0 Å². The maximum Gasteiger partial charge on any atom is 0.275 e. The minimum atomic E-state index is -0.605. The number of allylic oxidation sites excluding steroid dienone is 1. The Kier molecular flexibility index (Phi) is 5.50. The minimum absolute atomic E-state index is 0.0305. The first kappa shape index (κ1) is 18.8. The maximum absolute atomic E-state index is 12.4. The van der Waals surface area contributed by atoms with Crippen LogP contribution in [0.15, 0.2) is 66.4 Å². The summed E-state index contributed by atoms with van der Waals surface area (Å²) >= 11 is 0. The van der Waals surface area contributed by atoms with Crippen LogP contribution in [-0.2, 0) is 6.54 Å². The van der Waals surface area contributed by atoms with Gasteiger partial charge in [0.05, 0.1) is 23.8 Å². The van der Waals surface area contributed by atoms with Gasteiger partial charge in [0.15, 0.2) is 0 Å². The number of nitro benzene ring substituents is 1. The van der Waals surface area contributed by atoms with E-state index in [1.54, 1.807) is 6.08 Å². The zero-order valence-corrected chi connectivity index (χ0v) is 15.2. The van der Waals surface area contributed by atoms with Crippen molar-refractivity contribution in [1.29, 1.82) is 0 Å². The Labute approximate surface area is 160 Å². The average molecular weight is 378 g/mol. The zero-order chi connectivity index (χ0) is 20.1. The lowest BCUT2D eigenvalue weighted by Gasteiger charge is -2.06. The van der Waals surface area contributed by atoms with Gasteiger partial charge in [0.25, 0.3) is 11.6 Å². The van der Waals surface area contributed by atoms with Gasteiger partial charge in [0, 0.05) is 41.3 Å². The number of hydrazone groups is 1. The van der Waals surface area contributed by atoms with E-state index < -0.39 is 10.8 Å². The third-order valence-corrected chi connectivity index (χ3v) is 4.15. The van der Waals surface area contributed by atoms with E-state index in [9.17, 15) is 14.9 Å². The van der Waals surface area contributed by atoms with Gasteiger partial charge < -0.3 is 9.30 Å². The van der Waals surface area contributed by atoms with Crippen LogP contribution in [0.3, 0.4) is 0 Å². The Balaban J connectivity index is 1.85. The molecule has 1 N–H and O–H groups in total. The van der Waals surface area contributed by atoms with Crippen LogP contribution in [0.25, 0.3) is 10.9 Å². The Bertz CT molecular complexity index is 1080. The van der Waals surface area contributed by atoms with Crippen molar-refractivity contribution in [2.75, 3.05) is 7.11 Å². The summed E-state index contributed by atoms with van der Waals surface area (Å²) in [6.07, 6.45) is 5.24. The molecule has 0 aliphatic heterocycles. The topological polar surface area (TPSA) is 98.8 Å². The van der Waals surface area contributed by atoms with E-state index in [0.717, 1.165) is 22.5 Å². The highest BCUT2D eigenvalue weighted by Gasteiger charge is 2.17. The quantitative estimate of drug-likeness (QED) is 0.294. The second-order valence-electron chi connectivity index (χ2n) is 5.88. The summed E-state index contributed by atoms with van der Waals surface area (Å²) in [6.45, 7) is 4.40. The molecule has 0 fully saturated rings. The predicted molar refractivity (Wildman–Crippen MR) is 107 cm³/mol. The van der Waals surface area contributed by atoms with Crippen LogP contribution in [0.4, 0.5) is 5.69 Å². The fourth-order valence-corrected chi connectivity index (χ4v) is 2.88. The molecular formula is C20H18N4O4. The number of methoxy groups -OCH3 is 1. The van der Waals surface area contributed by atoms with Gasteiger partial charge in [-0.05, 0) is 12.1 Å².